The largest absolute Gasteiger partial charge is 0.467 e. The number of aromatic nitrogens is 4. The van der Waals surface area contributed by atoms with Crippen LogP contribution in [-0.2, 0) is 4.74 Å². The number of morpholine rings is 1. The van der Waals surface area contributed by atoms with E-state index in [4.69, 9.17) is 9.47 Å². The molecule has 3 aromatic rings. The maximum absolute atomic E-state index is 10.6. The zero-order valence-electron chi connectivity index (χ0n) is 18.4. The zero-order chi connectivity index (χ0) is 21.8. The van der Waals surface area contributed by atoms with Crippen molar-refractivity contribution in [2.24, 2.45) is 0 Å². The van der Waals surface area contributed by atoms with E-state index in [9.17, 15) is 5.11 Å². The van der Waals surface area contributed by atoms with E-state index < -0.39 is 6.10 Å². The Morgan fingerprint density at radius 2 is 2.06 bits per heavy atom. The Bertz CT molecular complexity index is 1160. The molecule has 3 fully saturated rings. The summed E-state index contributed by atoms with van der Waals surface area (Å²) >= 11 is 0. The first kappa shape index (κ1) is 22.1. The van der Waals surface area contributed by atoms with Crippen molar-refractivity contribution in [3.05, 3.63) is 35.5 Å². The van der Waals surface area contributed by atoms with Crippen LogP contribution in [0, 0.1) is 6.92 Å². The second-order valence-electron chi connectivity index (χ2n) is 9.06. The molecule has 9 heteroatoms. The second kappa shape index (κ2) is 8.55. The lowest BCUT2D eigenvalue weighted by molar-refractivity contribution is 0.0988. The number of benzene rings is 1. The first-order valence-corrected chi connectivity index (χ1v) is 11.3. The first-order chi connectivity index (χ1) is 15.6. The van der Waals surface area contributed by atoms with Crippen LogP contribution in [0.4, 0.5) is 5.82 Å². The van der Waals surface area contributed by atoms with Crippen molar-refractivity contribution in [1.29, 1.82) is 0 Å². The average molecular weight is 453 g/mol. The molecule has 3 aliphatic rings. The summed E-state index contributed by atoms with van der Waals surface area (Å²) in [7, 11) is 1.59. The van der Waals surface area contributed by atoms with Gasteiger partial charge in [-0.3, -0.25) is 0 Å². The zero-order valence-corrected chi connectivity index (χ0v) is 18.4. The molecule has 33 heavy (non-hydrogen) atoms. The second-order valence-corrected chi connectivity index (χ2v) is 9.06. The molecule has 3 saturated heterocycles. The number of aryl methyl sites for hydroxylation is 1. The molecule has 0 amide bonds. The van der Waals surface area contributed by atoms with Crippen LogP contribution in [0.5, 0.6) is 6.01 Å². The summed E-state index contributed by atoms with van der Waals surface area (Å²) in [6.45, 7) is 5.21. The number of fused-ring (bicyclic) bond motifs is 3. The molecule has 0 spiro atoms. The highest BCUT2D eigenvalue weighted by Crippen LogP contribution is 2.35. The van der Waals surface area contributed by atoms with Gasteiger partial charge < -0.3 is 24.8 Å². The van der Waals surface area contributed by atoms with Crippen molar-refractivity contribution >= 4 is 16.7 Å². The van der Waals surface area contributed by atoms with Gasteiger partial charge >= 0.3 is 6.01 Å². The number of nitrogens with zero attached hydrogens (tertiary/aromatic N) is 5. The van der Waals surface area contributed by atoms with Crippen LogP contribution in [0.2, 0.25) is 0 Å². The van der Waals surface area contributed by atoms with Crippen LogP contribution < -0.4 is 15.0 Å². The van der Waals surface area contributed by atoms with Gasteiger partial charge in [-0.15, -0.1) is 0 Å². The number of β-amino-alcohol motifs (C(OH)–C–C–N with tert-alkyl or cyclic N) is 1. The number of hydrogen-bond donors (Lipinski definition) is 2. The Hall–Kier alpha value is -2.75. The van der Waals surface area contributed by atoms with E-state index >= 15 is 0 Å². The molecule has 2 bridgehead atoms. The van der Waals surface area contributed by atoms with Crippen molar-refractivity contribution in [1.82, 2.24) is 25.1 Å². The Kier molecular flexibility index (Phi) is 5.72. The summed E-state index contributed by atoms with van der Waals surface area (Å²) in [6.07, 6.45) is 3.69. The molecule has 0 saturated carbocycles. The normalized spacial score (nSPS) is 26.6. The molecular weight excluding hydrogens is 420 g/mol. The highest BCUT2D eigenvalue weighted by Gasteiger charge is 2.40. The van der Waals surface area contributed by atoms with Crippen LogP contribution in [0.1, 0.15) is 37.3 Å². The molecule has 3 aliphatic heterocycles. The van der Waals surface area contributed by atoms with Crippen molar-refractivity contribution in [3.63, 3.8) is 0 Å². The van der Waals surface area contributed by atoms with E-state index in [0.717, 1.165) is 49.3 Å². The van der Waals surface area contributed by atoms with Crippen LogP contribution >= 0.6 is 0 Å². The van der Waals surface area contributed by atoms with E-state index in [-0.39, 0.29) is 19.4 Å². The van der Waals surface area contributed by atoms with Crippen molar-refractivity contribution in [3.8, 4) is 11.8 Å². The standard InChI is InChI=1S/C23H28N6O3.CH4/c1-13-5-14-9-25-29(19(14)7-18(13)17-3-4-24-10-20(17)30)22-8-21(26-23(27-22)31-2)28-11-16-6-15(28)12-32-16;/h5,7-9,15-17,20,24,30H,3-4,6,10-12H2,1-2H3;1H4. The molecule has 2 N–H and O–H groups in total. The highest BCUT2D eigenvalue weighted by molar-refractivity contribution is 5.82. The number of methoxy groups -OCH3 is 1. The van der Waals surface area contributed by atoms with Gasteiger partial charge in [0.25, 0.3) is 0 Å². The predicted molar refractivity (Wildman–Crippen MR) is 126 cm³/mol. The summed E-state index contributed by atoms with van der Waals surface area (Å²) in [4.78, 5) is 11.5. The number of aliphatic hydroxyl groups is 1. The lowest BCUT2D eigenvalue weighted by atomic mass is 9.85. The van der Waals surface area contributed by atoms with Gasteiger partial charge in [0.05, 0.1) is 43.7 Å². The van der Waals surface area contributed by atoms with E-state index in [1.807, 2.05) is 16.9 Å². The van der Waals surface area contributed by atoms with Crippen LogP contribution in [0.3, 0.4) is 0 Å². The maximum Gasteiger partial charge on any atom is 0.320 e. The van der Waals surface area contributed by atoms with Gasteiger partial charge in [-0.2, -0.15) is 15.1 Å². The average Bonchev–Trinajstić information content (AvgIpc) is 3.54. The lowest BCUT2D eigenvalue weighted by Gasteiger charge is -2.30. The Balaban J connectivity index is 0.00000228. The summed E-state index contributed by atoms with van der Waals surface area (Å²) in [6, 6.07) is 6.97. The van der Waals surface area contributed by atoms with Crippen molar-refractivity contribution < 1.29 is 14.6 Å². The van der Waals surface area contributed by atoms with Gasteiger partial charge in [0.1, 0.15) is 5.82 Å². The molecular formula is C24H32N6O3. The monoisotopic (exact) mass is 452 g/mol. The van der Waals surface area contributed by atoms with Crippen molar-refractivity contribution in [2.75, 3.05) is 38.3 Å². The number of piperidine rings is 1. The lowest BCUT2D eigenvalue weighted by Crippen LogP contribution is -2.39. The van der Waals surface area contributed by atoms with Crippen LogP contribution in [-0.4, -0.2) is 76.5 Å². The fourth-order valence-corrected chi connectivity index (χ4v) is 5.42. The number of rotatable bonds is 4. The SMILES string of the molecule is C.COc1nc(N2CC3CC2CO3)cc(-n2ncc3cc(C)c(C4CCNCC4O)cc32)n1. The van der Waals surface area contributed by atoms with Gasteiger partial charge in [-0.25, -0.2) is 4.68 Å². The Morgan fingerprint density at radius 1 is 1.21 bits per heavy atom. The number of nitrogens with one attached hydrogen (secondary N) is 1. The van der Waals surface area contributed by atoms with Crippen molar-refractivity contribution in [2.45, 2.75) is 51.4 Å². The number of ether oxygens (including phenoxy) is 2. The molecule has 5 heterocycles. The smallest absolute Gasteiger partial charge is 0.320 e. The number of aliphatic hydroxyl groups excluding tert-OH is 1. The topological polar surface area (TPSA) is 97.6 Å². The minimum absolute atomic E-state index is 0. The summed E-state index contributed by atoms with van der Waals surface area (Å²) < 4.78 is 13.0. The molecule has 4 atom stereocenters. The number of hydrogen-bond acceptors (Lipinski definition) is 8. The van der Waals surface area contributed by atoms with Gasteiger partial charge in [0.15, 0.2) is 5.82 Å². The molecule has 6 rings (SSSR count). The van der Waals surface area contributed by atoms with Gasteiger partial charge in [0.2, 0.25) is 0 Å². The van der Waals surface area contributed by atoms with Crippen LogP contribution in [0.15, 0.2) is 24.4 Å². The van der Waals surface area contributed by atoms with Gasteiger partial charge in [-0.05, 0) is 49.6 Å². The predicted octanol–water partition coefficient (Wildman–Crippen LogP) is 2.18. The van der Waals surface area contributed by atoms with E-state index in [0.29, 0.717) is 24.4 Å². The fraction of sp³-hybridized carbons (Fsp3) is 0.542. The quantitative estimate of drug-likeness (QED) is 0.622. The number of anilines is 1. The molecule has 9 nitrogen and oxygen atoms in total. The Morgan fingerprint density at radius 3 is 2.79 bits per heavy atom. The molecule has 1 aromatic carbocycles. The van der Waals surface area contributed by atoms with E-state index in [1.165, 1.54) is 11.1 Å². The maximum atomic E-state index is 10.6. The molecule has 0 aliphatic carbocycles. The molecule has 176 valence electrons. The van der Waals surface area contributed by atoms with Gasteiger partial charge in [-0.1, -0.05) is 7.43 Å². The third kappa shape index (κ3) is 3.74. The first-order valence-electron chi connectivity index (χ1n) is 11.3. The summed E-state index contributed by atoms with van der Waals surface area (Å²) in [5.41, 5.74) is 3.31. The van der Waals surface area contributed by atoms with Crippen LogP contribution in [0.25, 0.3) is 16.7 Å². The summed E-state index contributed by atoms with van der Waals surface area (Å²) in [5, 5.41) is 19.6. The molecule has 0 radical (unpaired) electrons. The minimum atomic E-state index is -0.394. The third-order valence-electron chi connectivity index (χ3n) is 7.08. The fourth-order valence-electron chi connectivity index (χ4n) is 5.42. The van der Waals surface area contributed by atoms with E-state index in [1.54, 1.807) is 7.11 Å². The summed E-state index contributed by atoms with van der Waals surface area (Å²) in [5.74, 6) is 1.62. The van der Waals surface area contributed by atoms with E-state index in [2.05, 4.69) is 44.3 Å². The highest BCUT2D eigenvalue weighted by atomic mass is 16.5. The van der Waals surface area contributed by atoms with Gasteiger partial charge in [0, 0.05) is 30.5 Å². The third-order valence-corrected chi connectivity index (χ3v) is 7.08. The molecule has 2 aromatic heterocycles. The Labute approximate surface area is 193 Å². The minimum Gasteiger partial charge on any atom is -0.467 e. The molecule has 4 unspecified atom stereocenters.